The van der Waals surface area contributed by atoms with E-state index in [1.807, 2.05) is 13.1 Å². The van der Waals surface area contributed by atoms with E-state index >= 15 is 0 Å². The highest BCUT2D eigenvalue weighted by Gasteiger charge is 2.15. The molecule has 0 atom stereocenters. The molecule has 2 aromatic rings. The molecule has 0 aliphatic carbocycles. The molecule has 0 saturated carbocycles. The fraction of sp³-hybridized carbons (Fsp3) is 0.611. The summed E-state index contributed by atoms with van der Waals surface area (Å²) in [4.78, 5) is 2.27. The van der Waals surface area contributed by atoms with E-state index in [9.17, 15) is 0 Å². The van der Waals surface area contributed by atoms with Crippen LogP contribution in [0, 0.1) is 5.92 Å². The van der Waals surface area contributed by atoms with Crippen LogP contribution in [0.25, 0.3) is 10.9 Å². The fourth-order valence-electron chi connectivity index (χ4n) is 3.02. The van der Waals surface area contributed by atoms with Crippen LogP contribution in [0.1, 0.15) is 18.5 Å². The van der Waals surface area contributed by atoms with E-state index in [1.54, 1.807) is 0 Å². The minimum atomic E-state index is 0.603. The molecule has 132 valence electrons. The summed E-state index contributed by atoms with van der Waals surface area (Å²) in [5.41, 5.74) is 2.13. The molecule has 1 aliphatic rings. The predicted octanol–water partition coefficient (Wildman–Crippen LogP) is 2.02. The quantitative estimate of drug-likeness (QED) is 0.774. The van der Waals surface area contributed by atoms with Crippen molar-refractivity contribution in [2.24, 2.45) is 5.92 Å². The summed E-state index contributed by atoms with van der Waals surface area (Å²) in [5.74, 6) is 1.53. The summed E-state index contributed by atoms with van der Waals surface area (Å²) >= 11 is 0. The first kappa shape index (κ1) is 17.2. The first-order chi connectivity index (χ1) is 11.8. The Morgan fingerprint density at radius 2 is 2.21 bits per heavy atom. The van der Waals surface area contributed by atoms with Gasteiger partial charge >= 0.3 is 0 Å². The number of aromatic amines is 1. The molecule has 6 heteroatoms. The third-order valence-electron chi connectivity index (χ3n) is 4.60. The second kappa shape index (κ2) is 8.46. The molecule has 1 aromatic carbocycles. The zero-order chi connectivity index (χ0) is 16.8. The number of ether oxygens (including phenoxy) is 2. The Morgan fingerprint density at radius 1 is 1.38 bits per heavy atom. The highest BCUT2D eigenvalue weighted by Crippen LogP contribution is 2.24. The second-order valence-corrected chi connectivity index (χ2v) is 6.59. The largest absolute Gasteiger partial charge is 0.493 e. The van der Waals surface area contributed by atoms with Gasteiger partial charge in [0.1, 0.15) is 5.75 Å². The minimum absolute atomic E-state index is 0.603. The lowest BCUT2D eigenvalue weighted by atomic mass is 10.0. The SMILES string of the molecule is CNCCN(C)Cc1n[nH]c2ccc(OCC3CCOCC3)cc12. The number of nitrogens with zero attached hydrogens (tertiary/aromatic N) is 2. The van der Waals surface area contributed by atoms with E-state index in [0.29, 0.717) is 5.92 Å². The number of H-pyrrole nitrogens is 1. The van der Waals surface area contributed by atoms with Gasteiger partial charge in [-0.05, 0) is 51.1 Å². The number of aromatic nitrogens is 2. The topological polar surface area (TPSA) is 62.4 Å². The summed E-state index contributed by atoms with van der Waals surface area (Å²) in [6.07, 6.45) is 2.19. The standard InChI is InChI=1S/C18H28N4O2/c1-19-7-8-22(2)12-18-16-11-15(3-4-17(16)20-21-18)24-13-14-5-9-23-10-6-14/h3-4,11,14,19H,5-10,12-13H2,1-2H3,(H,20,21). The van der Waals surface area contributed by atoms with E-state index in [0.717, 1.165) is 74.6 Å². The number of nitrogens with one attached hydrogen (secondary N) is 2. The lowest BCUT2D eigenvalue weighted by molar-refractivity contribution is 0.0498. The Morgan fingerprint density at radius 3 is 3.00 bits per heavy atom. The van der Waals surface area contributed by atoms with Crippen LogP contribution in [-0.2, 0) is 11.3 Å². The molecule has 0 bridgehead atoms. The number of rotatable bonds is 8. The molecule has 0 amide bonds. The molecule has 24 heavy (non-hydrogen) atoms. The zero-order valence-electron chi connectivity index (χ0n) is 14.7. The maximum atomic E-state index is 6.03. The van der Waals surface area contributed by atoms with Gasteiger partial charge in [-0.15, -0.1) is 0 Å². The molecule has 1 aliphatic heterocycles. The lowest BCUT2D eigenvalue weighted by Gasteiger charge is -2.22. The van der Waals surface area contributed by atoms with Crippen LogP contribution in [0.2, 0.25) is 0 Å². The van der Waals surface area contributed by atoms with Gasteiger partial charge < -0.3 is 14.8 Å². The molecule has 1 saturated heterocycles. The summed E-state index contributed by atoms with van der Waals surface area (Å²) in [5, 5.41) is 11.9. The van der Waals surface area contributed by atoms with Crippen molar-refractivity contribution in [2.45, 2.75) is 19.4 Å². The van der Waals surface area contributed by atoms with Gasteiger partial charge in [0.25, 0.3) is 0 Å². The molecule has 3 rings (SSSR count). The Labute approximate surface area is 143 Å². The van der Waals surface area contributed by atoms with E-state index in [1.165, 1.54) is 0 Å². The molecule has 1 fully saturated rings. The fourth-order valence-corrected chi connectivity index (χ4v) is 3.02. The van der Waals surface area contributed by atoms with Crippen molar-refractivity contribution in [2.75, 3.05) is 47.0 Å². The van der Waals surface area contributed by atoms with Crippen molar-refractivity contribution in [1.82, 2.24) is 20.4 Å². The van der Waals surface area contributed by atoms with Crippen molar-refractivity contribution in [1.29, 1.82) is 0 Å². The van der Waals surface area contributed by atoms with Crippen molar-refractivity contribution in [3.05, 3.63) is 23.9 Å². The van der Waals surface area contributed by atoms with Crippen molar-refractivity contribution >= 4 is 10.9 Å². The van der Waals surface area contributed by atoms with Crippen LogP contribution in [-0.4, -0.2) is 62.1 Å². The molecule has 2 heterocycles. The summed E-state index contributed by atoms with van der Waals surface area (Å²) in [6, 6.07) is 6.19. The zero-order valence-corrected chi connectivity index (χ0v) is 14.7. The third kappa shape index (κ3) is 4.47. The number of benzene rings is 1. The summed E-state index contributed by atoms with van der Waals surface area (Å²) < 4.78 is 11.4. The Bertz CT molecular complexity index is 637. The second-order valence-electron chi connectivity index (χ2n) is 6.59. The van der Waals surface area contributed by atoms with Gasteiger partial charge in [0, 0.05) is 38.2 Å². The number of likely N-dealkylation sites (N-methyl/N-ethyl adjacent to an activating group) is 2. The molecular weight excluding hydrogens is 304 g/mol. The van der Waals surface area contributed by atoms with E-state index in [4.69, 9.17) is 9.47 Å². The van der Waals surface area contributed by atoms with Crippen molar-refractivity contribution < 1.29 is 9.47 Å². The van der Waals surface area contributed by atoms with Crippen LogP contribution in [0.4, 0.5) is 0 Å². The Balaban J connectivity index is 1.64. The molecular formula is C18H28N4O2. The van der Waals surface area contributed by atoms with Crippen molar-refractivity contribution in [3.8, 4) is 5.75 Å². The summed E-state index contributed by atoms with van der Waals surface area (Å²) in [6.45, 7) is 5.27. The van der Waals surface area contributed by atoms with Crippen LogP contribution in [0.5, 0.6) is 5.75 Å². The Hall–Kier alpha value is -1.63. The van der Waals surface area contributed by atoms with Gasteiger partial charge in [0.05, 0.1) is 17.8 Å². The first-order valence-electron chi connectivity index (χ1n) is 8.77. The monoisotopic (exact) mass is 332 g/mol. The third-order valence-corrected chi connectivity index (χ3v) is 4.60. The molecule has 6 nitrogen and oxygen atoms in total. The van der Waals surface area contributed by atoms with Crippen LogP contribution >= 0.6 is 0 Å². The highest BCUT2D eigenvalue weighted by atomic mass is 16.5. The molecule has 1 aromatic heterocycles. The average Bonchev–Trinajstić information content (AvgIpc) is 3.01. The normalized spacial score (nSPS) is 16.1. The molecule has 0 unspecified atom stereocenters. The van der Waals surface area contributed by atoms with E-state index in [2.05, 4.69) is 39.6 Å². The minimum Gasteiger partial charge on any atom is -0.493 e. The van der Waals surface area contributed by atoms with Crippen LogP contribution in [0.3, 0.4) is 0 Å². The molecule has 2 N–H and O–H groups in total. The maximum absolute atomic E-state index is 6.03. The number of fused-ring (bicyclic) bond motifs is 1. The first-order valence-corrected chi connectivity index (χ1v) is 8.77. The van der Waals surface area contributed by atoms with Gasteiger partial charge in [0.2, 0.25) is 0 Å². The maximum Gasteiger partial charge on any atom is 0.120 e. The average molecular weight is 332 g/mol. The van der Waals surface area contributed by atoms with Gasteiger partial charge in [-0.1, -0.05) is 0 Å². The number of hydrogen-bond donors (Lipinski definition) is 2. The van der Waals surface area contributed by atoms with Gasteiger partial charge in [0.15, 0.2) is 0 Å². The highest BCUT2D eigenvalue weighted by molar-refractivity contribution is 5.82. The van der Waals surface area contributed by atoms with Crippen molar-refractivity contribution in [3.63, 3.8) is 0 Å². The van der Waals surface area contributed by atoms with Crippen LogP contribution < -0.4 is 10.1 Å². The van der Waals surface area contributed by atoms with Crippen LogP contribution in [0.15, 0.2) is 18.2 Å². The van der Waals surface area contributed by atoms with E-state index in [-0.39, 0.29) is 0 Å². The predicted molar refractivity (Wildman–Crippen MR) is 95.4 cm³/mol. The molecule has 0 radical (unpaired) electrons. The lowest BCUT2D eigenvalue weighted by Crippen LogP contribution is -2.27. The summed E-state index contributed by atoms with van der Waals surface area (Å²) in [7, 11) is 4.09. The van der Waals surface area contributed by atoms with Gasteiger partial charge in [-0.2, -0.15) is 5.10 Å². The Kier molecular flexibility index (Phi) is 6.07. The van der Waals surface area contributed by atoms with E-state index < -0.39 is 0 Å². The molecule has 0 spiro atoms. The van der Waals surface area contributed by atoms with Gasteiger partial charge in [-0.3, -0.25) is 10.00 Å². The smallest absolute Gasteiger partial charge is 0.120 e. The number of hydrogen-bond acceptors (Lipinski definition) is 5. The van der Waals surface area contributed by atoms with Gasteiger partial charge in [-0.25, -0.2) is 0 Å².